The number of carbonyl (C=O) groups is 1. The monoisotopic (exact) mass is 390 g/mol. The van der Waals surface area contributed by atoms with E-state index in [0.717, 1.165) is 5.56 Å². The molecular weight excluding hydrogens is 364 g/mol. The molecule has 0 aliphatic carbocycles. The van der Waals surface area contributed by atoms with E-state index in [9.17, 15) is 13.2 Å². The minimum atomic E-state index is -3.83. The number of methoxy groups -OCH3 is 1. The van der Waals surface area contributed by atoms with E-state index in [0.29, 0.717) is 18.1 Å². The first-order chi connectivity index (χ1) is 12.8. The van der Waals surface area contributed by atoms with Crippen LogP contribution in [0.3, 0.4) is 0 Å². The molecule has 1 atom stereocenters. The van der Waals surface area contributed by atoms with Crippen molar-refractivity contribution >= 4 is 15.9 Å². The highest BCUT2D eigenvalue weighted by Gasteiger charge is 2.24. The molecule has 0 bridgehead atoms. The fraction of sp³-hybridized carbons (Fsp3) is 0.350. The van der Waals surface area contributed by atoms with Gasteiger partial charge in [0.05, 0.1) is 17.6 Å². The van der Waals surface area contributed by atoms with Gasteiger partial charge in [0, 0.05) is 13.1 Å². The van der Waals surface area contributed by atoms with Crippen LogP contribution in [0, 0.1) is 5.92 Å². The lowest BCUT2D eigenvalue weighted by atomic mass is 9.98. The molecule has 7 heteroatoms. The second-order valence-corrected chi connectivity index (χ2v) is 8.37. The van der Waals surface area contributed by atoms with Crippen LogP contribution >= 0.6 is 0 Å². The number of hydrogen-bond donors (Lipinski definition) is 2. The average molecular weight is 391 g/mol. The van der Waals surface area contributed by atoms with Crippen molar-refractivity contribution in [3.05, 3.63) is 59.7 Å². The van der Waals surface area contributed by atoms with Gasteiger partial charge in [0.25, 0.3) is 5.91 Å². The van der Waals surface area contributed by atoms with E-state index in [1.165, 1.54) is 32.4 Å². The minimum Gasteiger partial charge on any atom is -0.496 e. The lowest BCUT2D eigenvalue weighted by Crippen LogP contribution is -2.30. The molecule has 0 saturated carbocycles. The first-order valence-corrected chi connectivity index (χ1v) is 10.2. The van der Waals surface area contributed by atoms with Crippen molar-refractivity contribution < 1.29 is 17.9 Å². The maximum Gasteiger partial charge on any atom is 0.254 e. The Hall–Kier alpha value is -2.38. The average Bonchev–Trinajstić information content (AvgIpc) is 2.66. The molecule has 2 N–H and O–H groups in total. The minimum absolute atomic E-state index is 0.0200. The first kappa shape index (κ1) is 20.9. The summed E-state index contributed by atoms with van der Waals surface area (Å²) < 4.78 is 33.9. The Morgan fingerprint density at radius 2 is 1.78 bits per heavy atom. The summed E-state index contributed by atoms with van der Waals surface area (Å²) in [6, 6.07) is 13.4. The predicted octanol–water partition coefficient (Wildman–Crippen LogP) is 3.12. The van der Waals surface area contributed by atoms with Crippen molar-refractivity contribution in [1.82, 2.24) is 10.0 Å². The van der Waals surface area contributed by atoms with Gasteiger partial charge in [-0.3, -0.25) is 4.79 Å². The summed E-state index contributed by atoms with van der Waals surface area (Å²) in [7, 11) is -0.914. The SMILES string of the molecule is CNC(=O)c1cc(S(=O)(=O)NC(CC(C)C)c2ccccc2)ccc1OC. The topological polar surface area (TPSA) is 84.5 Å². The summed E-state index contributed by atoms with van der Waals surface area (Å²) in [6.45, 7) is 4.09. The Labute approximate surface area is 161 Å². The fourth-order valence-electron chi connectivity index (χ4n) is 2.83. The standard InChI is InChI=1S/C20H26N2O4S/c1-14(2)12-18(15-8-6-5-7-9-15)22-27(24,25)16-10-11-19(26-4)17(13-16)20(23)21-3/h5-11,13-14,18,22H,12H2,1-4H3,(H,21,23). The molecule has 146 valence electrons. The highest BCUT2D eigenvalue weighted by atomic mass is 32.2. The highest BCUT2D eigenvalue weighted by Crippen LogP contribution is 2.26. The molecule has 0 saturated heterocycles. The number of amides is 1. The van der Waals surface area contributed by atoms with Crippen LogP contribution in [0.1, 0.15) is 42.2 Å². The zero-order valence-corrected chi connectivity index (χ0v) is 16.8. The van der Waals surface area contributed by atoms with Crippen LogP contribution in [0.5, 0.6) is 5.75 Å². The first-order valence-electron chi connectivity index (χ1n) is 8.76. The van der Waals surface area contributed by atoms with Gasteiger partial charge >= 0.3 is 0 Å². The largest absolute Gasteiger partial charge is 0.496 e. The Kier molecular flexibility index (Phi) is 6.98. The molecule has 2 aromatic rings. The van der Waals surface area contributed by atoms with E-state index in [1.54, 1.807) is 0 Å². The van der Waals surface area contributed by atoms with Crippen LogP contribution in [0.2, 0.25) is 0 Å². The molecule has 2 aromatic carbocycles. The molecule has 0 aliphatic heterocycles. The van der Waals surface area contributed by atoms with Crippen molar-refractivity contribution in [2.75, 3.05) is 14.2 Å². The normalized spacial score (nSPS) is 12.6. The van der Waals surface area contributed by atoms with Crippen LogP contribution in [0.25, 0.3) is 0 Å². The van der Waals surface area contributed by atoms with Crippen LogP contribution in [-0.4, -0.2) is 28.5 Å². The molecule has 0 heterocycles. The molecule has 0 radical (unpaired) electrons. The quantitative estimate of drug-likeness (QED) is 0.725. The van der Waals surface area contributed by atoms with Gasteiger partial charge < -0.3 is 10.1 Å². The Morgan fingerprint density at radius 3 is 2.33 bits per heavy atom. The maximum atomic E-state index is 13.0. The van der Waals surface area contributed by atoms with E-state index in [-0.39, 0.29) is 16.5 Å². The molecule has 6 nitrogen and oxygen atoms in total. The lowest BCUT2D eigenvalue weighted by Gasteiger charge is -2.21. The van der Waals surface area contributed by atoms with Crippen LogP contribution in [-0.2, 0) is 10.0 Å². The molecule has 1 amide bonds. The van der Waals surface area contributed by atoms with E-state index in [1.807, 2.05) is 44.2 Å². The van der Waals surface area contributed by atoms with Gasteiger partial charge in [-0.05, 0) is 36.1 Å². The Balaban J connectivity index is 2.40. The van der Waals surface area contributed by atoms with Crippen molar-refractivity contribution in [2.45, 2.75) is 31.2 Å². The van der Waals surface area contributed by atoms with Crippen molar-refractivity contribution in [3.63, 3.8) is 0 Å². The Bertz CT molecular complexity index is 880. The van der Waals surface area contributed by atoms with Crippen LogP contribution in [0.4, 0.5) is 0 Å². The van der Waals surface area contributed by atoms with E-state index >= 15 is 0 Å². The smallest absolute Gasteiger partial charge is 0.254 e. The van der Waals surface area contributed by atoms with Gasteiger partial charge in [-0.1, -0.05) is 44.2 Å². The van der Waals surface area contributed by atoms with Crippen molar-refractivity contribution in [3.8, 4) is 5.75 Å². The molecule has 0 aromatic heterocycles. The third-order valence-corrected chi connectivity index (χ3v) is 5.63. The second-order valence-electron chi connectivity index (χ2n) is 6.66. The third kappa shape index (κ3) is 5.30. The van der Waals surface area contributed by atoms with E-state index < -0.39 is 15.9 Å². The molecule has 27 heavy (non-hydrogen) atoms. The molecule has 1 unspecified atom stereocenters. The number of sulfonamides is 1. The summed E-state index contributed by atoms with van der Waals surface area (Å²) in [6.07, 6.45) is 0.654. The van der Waals surface area contributed by atoms with Crippen LogP contribution < -0.4 is 14.8 Å². The van der Waals surface area contributed by atoms with Gasteiger partial charge in [0.1, 0.15) is 5.75 Å². The summed E-state index contributed by atoms with van der Waals surface area (Å²) in [5.41, 5.74) is 1.07. The third-order valence-electron chi connectivity index (χ3n) is 4.16. The molecular formula is C20H26N2O4S. The number of ether oxygens (including phenoxy) is 1. The zero-order valence-electron chi connectivity index (χ0n) is 16.0. The molecule has 2 rings (SSSR count). The number of hydrogen-bond acceptors (Lipinski definition) is 4. The number of carbonyl (C=O) groups excluding carboxylic acids is 1. The summed E-state index contributed by atoms with van der Waals surface area (Å²) >= 11 is 0. The Morgan fingerprint density at radius 1 is 1.11 bits per heavy atom. The lowest BCUT2D eigenvalue weighted by molar-refractivity contribution is 0.0960. The highest BCUT2D eigenvalue weighted by molar-refractivity contribution is 7.89. The second kappa shape index (κ2) is 9.01. The van der Waals surface area contributed by atoms with Gasteiger partial charge in [0.15, 0.2) is 0 Å². The van der Waals surface area contributed by atoms with Gasteiger partial charge in [-0.2, -0.15) is 0 Å². The van der Waals surface area contributed by atoms with Gasteiger partial charge in [-0.25, -0.2) is 13.1 Å². The predicted molar refractivity (Wildman–Crippen MR) is 105 cm³/mol. The molecule has 0 spiro atoms. The van der Waals surface area contributed by atoms with E-state index in [4.69, 9.17) is 4.74 Å². The molecule has 0 fully saturated rings. The summed E-state index contributed by atoms with van der Waals surface area (Å²) in [5.74, 6) is 0.205. The van der Waals surface area contributed by atoms with Gasteiger partial charge in [0.2, 0.25) is 10.0 Å². The van der Waals surface area contributed by atoms with Crippen molar-refractivity contribution in [1.29, 1.82) is 0 Å². The fourth-order valence-corrected chi connectivity index (χ4v) is 4.09. The van der Waals surface area contributed by atoms with Gasteiger partial charge in [-0.15, -0.1) is 0 Å². The number of nitrogens with one attached hydrogen (secondary N) is 2. The summed E-state index contributed by atoms with van der Waals surface area (Å²) in [5, 5.41) is 2.49. The number of rotatable bonds is 8. The zero-order chi connectivity index (χ0) is 20.0. The van der Waals surface area contributed by atoms with Crippen LogP contribution in [0.15, 0.2) is 53.4 Å². The summed E-state index contributed by atoms with van der Waals surface area (Å²) in [4.78, 5) is 12.1. The maximum absolute atomic E-state index is 13.0. The number of benzene rings is 2. The van der Waals surface area contributed by atoms with Crippen molar-refractivity contribution in [2.24, 2.45) is 5.92 Å². The van der Waals surface area contributed by atoms with E-state index in [2.05, 4.69) is 10.0 Å². The molecule has 0 aliphatic rings.